The highest BCUT2D eigenvalue weighted by Crippen LogP contribution is 2.28. The number of carbonyl (C=O) groups excluding carboxylic acids is 1. The first-order valence-corrected chi connectivity index (χ1v) is 8.47. The molecule has 0 saturated heterocycles. The van der Waals surface area contributed by atoms with Gasteiger partial charge in [-0.25, -0.2) is 4.68 Å². The van der Waals surface area contributed by atoms with E-state index in [1.807, 2.05) is 48.5 Å². The molecule has 1 aliphatic rings. The van der Waals surface area contributed by atoms with Gasteiger partial charge in [-0.15, -0.1) is 0 Å². The lowest BCUT2D eigenvalue weighted by Crippen LogP contribution is -2.26. The van der Waals surface area contributed by atoms with Crippen LogP contribution in [-0.2, 0) is 0 Å². The van der Waals surface area contributed by atoms with Crippen molar-refractivity contribution in [2.75, 3.05) is 5.32 Å². The molecule has 0 unspecified atom stereocenters. The van der Waals surface area contributed by atoms with E-state index in [4.69, 9.17) is 4.74 Å². The number of benzene rings is 2. The lowest BCUT2D eigenvalue weighted by atomic mass is 9.96. The van der Waals surface area contributed by atoms with Crippen LogP contribution in [0.3, 0.4) is 0 Å². The van der Waals surface area contributed by atoms with E-state index in [2.05, 4.69) is 10.4 Å². The summed E-state index contributed by atoms with van der Waals surface area (Å²) in [6.45, 7) is 0. The van der Waals surface area contributed by atoms with E-state index in [1.165, 1.54) is 6.42 Å². The van der Waals surface area contributed by atoms with Crippen molar-refractivity contribution in [1.29, 1.82) is 0 Å². The van der Waals surface area contributed by atoms with Crippen molar-refractivity contribution in [2.45, 2.75) is 25.4 Å². The smallest absolute Gasteiger partial charge is 0.259 e. The second kappa shape index (κ2) is 6.81. The topological polar surface area (TPSA) is 56.2 Å². The zero-order valence-electron chi connectivity index (χ0n) is 13.8. The van der Waals surface area contributed by atoms with Gasteiger partial charge >= 0.3 is 0 Å². The third-order valence-corrected chi connectivity index (χ3v) is 4.34. The van der Waals surface area contributed by atoms with Crippen molar-refractivity contribution in [2.24, 2.45) is 0 Å². The highest BCUT2D eigenvalue weighted by atomic mass is 16.5. The van der Waals surface area contributed by atoms with Gasteiger partial charge in [0, 0.05) is 0 Å². The van der Waals surface area contributed by atoms with Crippen molar-refractivity contribution in [3.05, 3.63) is 72.6 Å². The molecule has 0 aliphatic heterocycles. The van der Waals surface area contributed by atoms with Crippen LogP contribution >= 0.6 is 0 Å². The molecular weight excluding hydrogens is 314 g/mol. The van der Waals surface area contributed by atoms with Crippen molar-refractivity contribution in [1.82, 2.24) is 9.78 Å². The number of carbonyl (C=O) groups is 1. The first-order valence-electron chi connectivity index (χ1n) is 8.47. The van der Waals surface area contributed by atoms with Crippen LogP contribution in [-0.4, -0.2) is 21.8 Å². The average molecular weight is 333 g/mol. The summed E-state index contributed by atoms with van der Waals surface area (Å²) in [6.07, 6.45) is 6.97. The monoisotopic (exact) mass is 333 g/mol. The molecule has 5 heteroatoms. The molecule has 1 saturated carbocycles. The Bertz CT molecular complexity index is 869. The van der Waals surface area contributed by atoms with Gasteiger partial charge < -0.3 is 10.1 Å². The zero-order valence-corrected chi connectivity index (χ0v) is 13.8. The molecule has 0 radical (unpaired) electrons. The second-order valence-corrected chi connectivity index (χ2v) is 6.13. The molecule has 4 rings (SSSR count). The highest BCUT2D eigenvalue weighted by Gasteiger charge is 2.22. The first kappa shape index (κ1) is 15.4. The lowest BCUT2D eigenvalue weighted by molar-refractivity contribution is 0.0992. The Morgan fingerprint density at radius 2 is 1.84 bits per heavy atom. The number of rotatable bonds is 5. The number of nitrogens with zero attached hydrogens (tertiary/aromatic N) is 2. The summed E-state index contributed by atoms with van der Waals surface area (Å²) in [5, 5.41) is 7.19. The van der Waals surface area contributed by atoms with Crippen molar-refractivity contribution in [3.8, 4) is 11.4 Å². The predicted octanol–water partition coefficient (Wildman–Crippen LogP) is 4.06. The number of para-hydroxylation sites is 2. The van der Waals surface area contributed by atoms with E-state index in [9.17, 15) is 4.79 Å². The first-order chi connectivity index (χ1) is 12.3. The van der Waals surface area contributed by atoms with E-state index in [0.29, 0.717) is 17.0 Å². The molecule has 1 amide bonds. The molecule has 1 fully saturated rings. The molecule has 1 N–H and O–H groups in total. The molecule has 3 aromatic rings. The van der Waals surface area contributed by atoms with Crippen LogP contribution in [0.1, 0.15) is 29.6 Å². The number of ether oxygens (including phenoxy) is 1. The molecule has 0 bridgehead atoms. The summed E-state index contributed by atoms with van der Waals surface area (Å²) in [5.74, 6) is 0.447. The average Bonchev–Trinajstić information content (AvgIpc) is 3.08. The Morgan fingerprint density at radius 3 is 2.60 bits per heavy atom. The van der Waals surface area contributed by atoms with Crippen LogP contribution < -0.4 is 10.1 Å². The number of nitrogens with one attached hydrogen (secondary N) is 1. The Balaban J connectivity index is 1.50. The summed E-state index contributed by atoms with van der Waals surface area (Å²) < 4.78 is 7.66. The van der Waals surface area contributed by atoms with Crippen molar-refractivity contribution in [3.63, 3.8) is 0 Å². The van der Waals surface area contributed by atoms with Crippen molar-refractivity contribution >= 4 is 11.6 Å². The number of aromatic nitrogens is 2. The standard InChI is InChI=1S/C20H19N3O2/c24-20(18-11-4-5-12-19(18)25-17-9-6-10-17)22-15-13-21-23(14-15)16-7-2-1-3-8-16/h1-5,7-8,11-14,17H,6,9-10H2,(H,22,24). The third-order valence-electron chi connectivity index (χ3n) is 4.34. The quantitative estimate of drug-likeness (QED) is 0.766. The highest BCUT2D eigenvalue weighted by molar-refractivity contribution is 6.06. The molecule has 0 atom stereocenters. The molecule has 1 aliphatic carbocycles. The molecule has 25 heavy (non-hydrogen) atoms. The maximum absolute atomic E-state index is 12.6. The molecule has 1 heterocycles. The Labute approximate surface area is 146 Å². The fourth-order valence-electron chi connectivity index (χ4n) is 2.73. The fourth-order valence-corrected chi connectivity index (χ4v) is 2.73. The summed E-state index contributed by atoms with van der Waals surface area (Å²) >= 11 is 0. The Kier molecular flexibility index (Phi) is 4.21. The fraction of sp³-hybridized carbons (Fsp3) is 0.200. The number of hydrogen-bond acceptors (Lipinski definition) is 3. The van der Waals surface area contributed by atoms with E-state index in [0.717, 1.165) is 18.5 Å². The molecule has 5 nitrogen and oxygen atoms in total. The summed E-state index contributed by atoms with van der Waals surface area (Å²) in [6, 6.07) is 17.1. The minimum absolute atomic E-state index is 0.192. The maximum Gasteiger partial charge on any atom is 0.259 e. The van der Waals surface area contributed by atoms with Crippen LogP contribution in [0.4, 0.5) is 5.69 Å². The van der Waals surface area contributed by atoms with Crippen LogP contribution in [0.2, 0.25) is 0 Å². The van der Waals surface area contributed by atoms with Crippen LogP contribution in [0, 0.1) is 0 Å². The molecule has 1 aromatic heterocycles. The van der Waals surface area contributed by atoms with E-state index in [-0.39, 0.29) is 12.0 Å². The van der Waals surface area contributed by atoms with E-state index in [1.54, 1.807) is 23.1 Å². The molecule has 126 valence electrons. The summed E-state index contributed by atoms with van der Waals surface area (Å²) in [7, 11) is 0. The normalized spacial score (nSPS) is 13.9. The summed E-state index contributed by atoms with van der Waals surface area (Å²) in [4.78, 5) is 12.6. The van der Waals surface area contributed by atoms with Crippen LogP contribution in [0.15, 0.2) is 67.0 Å². The van der Waals surface area contributed by atoms with Gasteiger partial charge in [-0.3, -0.25) is 4.79 Å². The minimum Gasteiger partial charge on any atom is -0.490 e. The SMILES string of the molecule is O=C(Nc1cnn(-c2ccccc2)c1)c1ccccc1OC1CCC1. The van der Waals surface area contributed by atoms with Gasteiger partial charge in [-0.2, -0.15) is 5.10 Å². The Hall–Kier alpha value is -3.08. The van der Waals surface area contributed by atoms with Gasteiger partial charge in [0.25, 0.3) is 5.91 Å². The maximum atomic E-state index is 12.6. The van der Waals surface area contributed by atoms with Gasteiger partial charge in [0.2, 0.25) is 0 Å². The number of hydrogen-bond donors (Lipinski definition) is 1. The van der Waals surface area contributed by atoms with Gasteiger partial charge in [-0.05, 0) is 43.5 Å². The summed E-state index contributed by atoms with van der Waals surface area (Å²) in [5.41, 5.74) is 2.13. The Morgan fingerprint density at radius 1 is 1.08 bits per heavy atom. The number of amides is 1. The molecular formula is C20H19N3O2. The molecule has 0 spiro atoms. The lowest BCUT2D eigenvalue weighted by Gasteiger charge is -2.27. The van der Waals surface area contributed by atoms with Gasteiger partial charge in [0.05, 0.1) is 35.4 Å². The zero-order chi connectivity index (χ0) is 17.1. The van der Waals surface area contributed by atoms with Gasteiger partial charge in [0.1, 0.15) is 5.75 Å². The third kappa shape index (κ3) is 3.40. The minimum atomic E-state index is -0.192. The van der Waals surface area contributed by atoms with Gasteiger partial charge in [-0.1, -0.05) is 30.3 Å². The molecule has 2 aromatic carbocycles. The second-order valence-electron chi connectivity index (χ2n) is 6.13. The van der Waals surface area contributed by atoms with Crippen LogP contribution in [0.5, 0.6) is 5.75 Å². The van der Waals surface area contributed by atoms with Crippen LogP contribution in [0.25, 0.3) is 5.69 Å². The van der Waals surface area contributed by atoms with Gasteiger partial charge in [0.15, 0.2) is 0 Å². The van der Waals surface area contributed by atoms with E-state index < -0.39 is 0 Å². The predicted molar refractivity (Wildman–Crippen MR) is 96.2 cm³/mol. The van der Waals surface area contributed by atoms with E-state index >= 15 is 0 Å². The largest absolute Gasteiger partial charge is 0.490 e. The number of anilines is 1. The van der Waals surface area contributed by atoms with Crippen molar-refractivity contribution < 1.29 is 9.53 Å².